The topological polar surface area (TPSA) is 12.0 Å². The Morgan fingerprint density at radius 1 is 1.20 bits per heavy atom. The van der Waals surface area contributed by atoms with Crippen LogP contribution in [0.25, 0.3) is 0 Å². The first-order valence-corrected chi connectivity index (χ1v) is 8.78. The highest BCUT2D eigenvalue weighted by molar-refractivity contribution is 14.1. The lowest BCUT2D eigenvalue weighted by atomic mass is 9.99. The molecule has 0 aromatic heterocycles. The van der Waals surface area contributed by atoms with Crippen LogP contribution in [-0.4, -0.2) is 6.54 Å². The highest BCUT2D eigenvalue weighted by Crippen LogP contribution is 2.25. The van der Waals surface area contributed by atoms with Gasteiger partial charge in [0.05, 0.1) is 5.02 Å². The summed E-state index contributed by atoms with van der Waals surface area (Å²) >= 11 is 12.0. The maximum absolute atomic E-state index is 6.24. The van der Waals surface area contributed by atoms with Crippen molar-refractivity contribution < 1.29 is 0 Å². The molecular weight excluding hydrogens is 448 g/mol. The lowest BCUT2D eigenvalue weighted by molar-refractivity contribution is 0.550. The Morgan fingerprint density at radius 3 is 2.50 bits per heavy atom. The van der Waals surface area contributed by atoms with E-state index in [-0.39, 0.29) is 6.04 Å². The van der Waals surface area contributed by atoms with Gasteiger partial charge in [0.2, 0.25) is 0 Å². The lowest BCUT2D eigenvalue weighted by Gasteiger charge is -2.19. The summed E-state index contributed by atoms with van der Waals surface area (Å²) in [6.45, 7) is 3.06. The molecule has 2 rings (SSSR count). The Balaban J connectivity index is 2.21. The first-order valence-electron chi connectivity index (χ1n) is 6.53. The van der Waals surface area contributed by atoms with Crippen molar-refractivity contribution in [3.05, 3.63) is 66.7 Å². The molecule has 2 aromatic rings. The lowest BCUT2D eigenvalue weighted by Crippen LogP contribution is -2.23. The van der Waals surface area contributed by atoms with Gasteiger partial charge in [-0.1, -0.05) is 52.7 Å². The number of hydrogen-bond donors (Lipinski definition) is 1. The molecule has 0 spiro atoms. The predicted octanol–water partition coefficient (Wildman–Crippen LogP) is 5.60. The van der Waals surface area contributed by atoms with Crippen molar-refractivity contribution in [2.45, 2.75) is 19.4 Å². The van der Waals surface area contributed by atoms with Gasteiger partial charge in [0.15, 0.2) is 0 Å². The van der Waals surface area contributed by atoms with Crippen LogP contribution in [0.4, 0.5) is 0 Å². The number of nitrogens with one attached hydrogen (secondary N) is 1. The highest BCUT2D eigenvalue weighted by atomic mass is 127. The van der Waals surface area contributed by atoms with E-state index in [9.17, 15) is 0 Å². The Bertz CT molecular complexity index is 571. The molecule has 1 unspecified atom stereocenters. The molecule has 1 N–H and O–H groups in total. The van der Waals surface area contributed by atoms with Crippen molar-refractivity contribution in [2.24, 2.45) is 0 Å². The molecule has 1 atom stereocenters. The third-order valence-electron chi connectivity index (χ3n) is 3.15. The molecule has 2 aromatic carbocycles. The van der Waals surface area contributed by atoms with Crippen LogP contribution < -0.4 is 5.32 Å². The molecule has 1 nitrogen and oxygen atoms in total. The number of halogens is 3. The van der Waals surface area contributed by atoms with E-state index in [0.717, 1.165) is 26.0 Å². The minimum absolute atomic E-state index is 0.288. The van der Waals surface area contributed by atoms with Crippen molar-refractivity contribution >= 4 is 50.1 Å². The van der Waals surface area contributed by atoms with E-state index in [1.807, 2.05) is 0 Å². The minimum atomic E-state index is 0.288. The van der Waals surface area contributed by atoms with Gasteiger partial charge in [0, 0.05) is 14.1 Å². The maximum atomic E-state index is 6.24. The van der Waals surface area contributed by atoms with Crippen LogP contribution in [-0.2, 0) is 6.42 Å². The van der Waals surface area contributed by atoms with Crippen LogP contribution in [0, 0.1) is 3.57 Å². The Kier molecular flexibility index (Phi) is 6.33. The Hall–Kier alpha value is -0.100. The maximum Gasteiger partial charge on any atom is 0.0542 e. The van der Waals surface area contributed by atoms with Crippen molar-refractivity contribution in [3.63, 3.8) is 0 Å². The normalized spacial score (nSPS) is 12.4. The first-order chi connectivity index (χ1) is 9.60. The van der Waals surface area contributed by atoms with Crippen molar-refractivity contribution in [1.82, 2.24) is 5.32 Å². The summed E-state index contributed by atoms with van der Waals surface area (Å²) in [5, 5.41) is 4.36. The van der Waals surface area contributed by atoms with Crippen molar-refractivity contribution in [1.29, 1.82) is 0 Å². The van der Waals surface area contributed by atoms with E-state index in [0.29, 0.717) is 0 Å². The fraction of sp³-hybridized carbons (Fsp3) is 0.250. The second kappa shape index (κ2) is 7.78. The van der Waals surface area contributed by atoms with Gasteiger partial charge in [-0.05, 0) is 70.9 Å². The highest BCUT2D eigenvalue weighted by Gasteiger charge is 2.12. The average Bonchev–Trinajstić information content (AvgIpc) is 2.44. The van der Waals surface area contributed by atoms with Crippen molar-refractivity contribution in [2.75, 3.05) is 6.54 Å². The van der Waals surface area contributed by atoms with Gasteiger partial charge in [-0.3, -0.25) is 0 Å². The third kappa shape index (κ3) is 4.45. The van der Waals surface area contributed by atoms with E-state index in [1.165, 1.54) is 11.1 Å². The molecule has 0 saturated heterocycles. The summed E-state index contributed by atoms with van der Waals surface area (Å²) in [6.07, 6.45) is 0.956. The van der Waals surface area contributed by atoms with Crippen molar-refractivity contribution in [3.8, 4) is 0 Å². The van der Waals surface area contributed by atoms with Gasteiger partial charge >= 0.3 is 0 Å². The number of rotatable bonds is 5. The van der Waals surface area contributed by atoms with Gasteiger partial charge in [0.1, 0.15) is 0 Å². The molecule has 0 radical (unpaired) electrons. The number of benzene rings is 2. The van der Waals surface area contributed by atoms with E-state index in [4.69, 9.17) is 11.6 Å². The van der Waals surface area contributed by atoms with Crippen LogP contribution >= 0.6 is 50.1 Å². The van der Waals surface area contributed by atoms with Gasteiger partial charge in [-0.15, -0.1) is 0 Å². The second-order valence-corrected chi connectivity index (χ2v) is 7.10. The average molecular weight is 465 g/mol. The summed E-state index contributed by atoms with van der Waals surface area (Å²) in [6, 6.07) is 15.1. The zero-order valence-electron chi connectivity index (χ0n) is 11.2. The summed E-state index contributed by atoms with van der Waals surface area (Å²) in [7, 11) is 0. The van der Waals surface area contributed by atoms with Crippen LogP contribution in [0.3, 0.4) is 0 Å². The molecule has 0 aliphatic rings. The third-order valence-corrected chi connectivity index (χ3v) is 5.25. The molecule has 20 heavy (non-hydrogen) atoms. The molecule has 0 fully saturated rings. The van der Waals surface area contributed by atoms with Gasteiger partial charge in [0.25, 0.3) is 0 Å². The SMILES string of the molecule is CCNC(Cc1ccc(Br)cc1)c1ccc(I)c(Cl)c1. The summed E-state index contributed by atoms with van der Waals surface area (Å²) in [5.74, 6) is 0. The number of likely N-dealkylation sites (N-methyl/N-ethyl adjacent to an activating group) is 1. The van der Waals surface area contributed by atoms with Crippen LogP contribution in [0.15, 0.2) is 46.9 Å². The van der Waals surface area contributed by atoms with E-state index >= 15 is 0 Å². The molecule has 0 aliphatic heterocycles. The van der Waals surface area contributed by atoms with Crippen LogP contribution in [0.2, 0.25) is 5.02 Å². The molecule has 0 aliphatic carbocycles. The zero-order chi connectivity index (χ0) is 14.5. The van der Waals surface area contributed by atoms with Gasteiger partial charge in [-0.25, -0.2) is 0 Å². The van der Waals surface area contributed by atoms with E-state index in [1.54, 1.807) is 0 Å². The Morgan fingerprint density at radius 2 is 1.90 bits per heavy atom. The monoisotopic (exact) mass is 463 g/mol. The largest absolute Gasteiger partial charge is 0.310 e. The Labute approximate surface area is 147 Å². The fourth-order valence-corrected chi connectivity index (χ4v) is 2.93. The van der Waals surface area contributed by atoms with Crippen LogP contribution in [0.5, 0.6) is 0 Å². The molecule has 106 valence electrons. The standard InChI is InChI=1S/C16H16BrClIN/c1-2-20-16(9-11-3-6-13(17)7-4-11)12-5-8-15(19)14(18)10-12/h3-8,10,16,20H,2,9H2,1H3. The minimum Gasteiger partial charge on any atom is -0.310 e. The molecule has 0 heterocycles. The summed E-state index contributed by atoms with van der Waals surface area (Å²) in [4.78, 5) is 0. The molecule has 0 bridgehead atoms. The first kappa shape index (κ1) is 16.3. The predicted molar refractivity (Wildman–Crippen MR) is 98.4 cm³/mol. The quantitative estimate of drug-likeness (QED) is 0.568. The molecule has 0 amide bonds. The zero-order valence-corrected chi connectivity index (χ0v) is 15.7. The van der Waals surface area contributed by atoms with Gasteiger partial charge in [-0.2, -0.15) is 0 Å². The van der Waals surface area contributed by atoms with Gasteiger partial charge < -0.3 is 5.32 Å². The van der Waals surface area contributed by atoms with E-state index < -0.39 is 0 Å². The van der Waals surface area contributed by atoms with E-state index in [2.05, 4.69) is 93.2 Å². The van der Waals surface area contributed by atoms with Crippen LogP contribution in [0.1, 0.15) is 24.1 Å². The molecular formula is C16H16BrClIN. The number of hydrogen-bond acceptors (Lipinski definition) is 1. The summed E-state index contributed by atoms with van der Waals surface area (Å²) in [5.41, 5.74) is 2.55. The fourth-order valence-electron chi connectivity index (χ4n) is 2.14. The summed E-state index contributed by atoms with van der Waals surface area (Å²) < 4.78 is 2.20. The second-order valence-electron chi connectivity index (χ2n) is 4.61. The smallest absolute Gasteiger partial charge is 0.0542 e. The molecule has 0 saturated carbocycles. The molecule has 4 heteroatoms.